The average Bonchev–Trinajstić information content (AvgIpc) is 3.11. The number of anilines is 2. The van der Waals surface area contributed by atoms with E-state index in [0.29, 0.717) is 26.3 Å². The number of fused-ring (bicyclic) bond motifs is 1. The van der Waals surface area contributed by atoms with Crippen LogP contribution >= 0.6 is 35.6 Å². The standard InChI is InChI=1S/C20H14ClN3O3S2/c1-23-19(27)17(29-20(23)28)16-13-4-2-3-5-14(13)24(18(16)26)10-15(25)22-12-8-6-11(21)7-9-12/h2-9H,10H2,1H3,(H,22,25). The van der Waals surface area contributed by atoms with Gasteiger partial charge in [0.15, 0.2) is 0 Å². The molecule has 0 spiro atoms. The van der Waals surface area contributed by atoms with Crippen LogP contribution < -0.4 is 10.2 Å². The monoisotopic (exact) mass is 443 g/mol. The molecule has 1 N–H and O–H groups in total. The number of hydrogen-bond acceptors (Lipinski definition) is 5. The summed E-state index contributed by atoms with van der Waals surface area (Å²) in [4.78, 5) is 41.3. The van der Waals surface area contributed by atoms with E-state index >= 15 is 0 Å². The molecule has 2 heterocycles. The van der Waals surface area contributed by atoms with Gasteiger partial charge in [0, 0.05) is 23.3 Å². The number of benzene rings is 2. The molecule has 0 saturated carbocycles. The summed E-state index contributed by atoms with van der Waals surface area (Å²) >= 11 is 12.1. The number of carbonyl (C=O) groups is 3. The fraction of sp³-hybridized carbons (Fsp3) is 0.100. The number of thiocarbonyl (C=S) groups is 1. The molecular weight excluding hydrogens is 430 g/mol. The number of rotatable bonds is 3. The van der Waals surface area contributed by atoms with E-state index in [2.05, 4.69) is 5.32 Å². The summed E-state index contributed by atoms with van der Waals surface area (Å²) < 4.78 is 0.390. The van der Waals surface area contributed by atoms with Crippen LogP contribution in [0.3, 0.4) is 0 Å². The number of nitrogens with one attached hydrogen (secondary N) is 1. The van der Waals surface area contributed by atoms with Gasteiger partial charge in [-0.25, -0.2) is 0 Å². The lowest BCUT2D eigenvalue weighted by molar-refractivity contribution is -0.121. The van der Waals surface area contributed by atoms with Crippen LogP contribution in [0, 0.1) is 0 Å². The molecule has 2 aliphatic rings. The van der Waals surface area contributed by atoms with E-state index in [9.17, 15) is 14.4 Å². The molecule has 4 rings (SSSR count). The topological polar surface area (TPSA) is 69.7 Å². The Kier molecular flexibility index (Phi) is 5.16. The number of nitrogens with zero attached hydrogens (tertiary/aromatic N) is 2. The molecule has 0 radical (unpaired) electrons. The van der Waals surface area contributed by atoms with Crippen LogP contribution in [0.25, 0.3) is 5.57 Å². The third-order valence-corrected chi connectivity index (χ3v) is 6.35. The minimum atomic E-state index is -0.397. The van der Waals surface area contributed by atoms with Crippen LogP contribution in [-0.4, -0.2) is 40.5 Å². The zero-order valence-electron chi connectivity index (χ0n) is 15.1. The maximum absolute atomic E-state index is 13.2. The van der Waals surface area contributed by atoms with Crippen molar-refractivity contribution < 1.29 is 14.4 Å². The summed E-state index contributed by atoms with van der Waals surface area (Å²) in [6.07, 6.45) is 0. The smallest absolute Gasteiger partial charge is 0.266 e. The largest absolute Gasteiger partial charge is 0.325 e. The molecule has 29 heavy (non-hydrogen) atoms. The maximum atomic E-state index is 13.2. The Labute approximate surface area is 181 Å². The number of thioether (sulfide) groups is 1. The lowest BCUT2D eigenvalue weighted by Crippen LogP contribution is -2.35. The third kappa shape index (κ3) is 3.55. The van der Waals surface area contributed by atoms with Crippen molar-refractivity contribution in [3.05, 3.63) is 64.0 Å². The van der Waals surface area contributed by atoms with Gasteiger partial charge in [0.25, 0.3) is 11.8 Å². The van der Waals surface area contributed by atoms with Gasteiger partial charge in [0.2, 0.25) is 5.91 Å². The summed E-state index contributed by atoms with van der Waals surface area (Å²) in [6.45, 7) is -0.186. The van der Waals surface area contributed by atoms with E-state index < -0.39 is 5.91 Å². The highest BCUT2D eigenvalue weighted by molar-refractivity contribution is 8.26. The van der Waals surface area contributed by atoms with Crippen LogP contribution in [0.4, 0.5) is 11.4 Å². The van der Waals surface area contributed by atoms with Crippen molar-refractivity contribution >= 4 is 74.6 Å². The molecule has 0 aromatic heterocycles. The van der Waals surface area contributed by atoms with Crippen LogP contribution in [0.5, 0.6) is 0 Å². The van der Waals surface area contributed by atoms with Crippen LogP contribution in [0.1, 0.15) is 5.56 Å². The Morgan fingerprint density at radius 3 is 2.45 bits per heavy atom. The first-order valence-corrected chi connectivity index (χ1v) is 10.2. The van der Waals surface area contributed by atoms with Crippen molar-refractivity contribution in [3.63, 3.8) is 0 Å². The first-order valence-electron chi connectivity index (χ1n) is 8.57. The summed E-state index contributed by atoms with van der Waals surface area (Å²) in [5, 5.41) is 3.31. The summed E-state index contributed by atoms with van der Waals surface area (Å²) in [6, 6.07) is 13.8. The summed E-state index contributed by atoms with van der Waals surface area (Å²) in [7, 11) is 1.58. The second-order valence-corrected chi connectivity index (χ2v) is 8.48. The molecule has 2 aliphatic heterocycles. The molecule has 3 amide bonds. The lowest BCUT2D eigenvalue weighted by atomic mass is 10.1. The van der Waals surface area contributed by atoms with Crippen LogP contribution in [0.2, 0.25) is 5.02 Å². The predicted molar refractivity (Wildman–Crippen MR) is 119 cm³/mol. The minimum absolute atomic E-state index is 0.186. The van der Waals surface area contributed by atoms with E-state index in [1.165, 1.54) is 9.80 Å². The molecule has 2 aromatic rings. The SMILES string of the molecule is CN1C(=O)C(=C2C(=O)N(CC(=O)Nc3ccc(Cl)cc3)c3ccccc32)SC1=S. The molecule has 0 unspecified atom stereocenters. The van der Waals surface area contributed by atoms with E-state index in [4.69, 9.17) is 23.8 Å². The molecule has 6 nitrogen and oxygen atoms in total. The number of likely N-dealkylation sites (N-methyl/N-ethyl adjacent to an activating group) is 1. The van der Waals surface area contributed by atoms with Gasteiger partial charge in [0.1, 0.15) is 10.9 Å². The van der Waals surface area contributed by atoms with Crippen molar-refractivity contribution in [2.24, 2.45) is 0 Å². The van der Waals surface area contributed by atoms with Gasteiger partial charge >= 0.3 is 0 Å². The zero-order valence-corrected chi connectivity index (χ0v) is 17.5. The second-order valence-electron chi connectivity index (χ2n) is 6.40. The van der Waals surface area contributed by atoms with E-state index in [0.717, 1.165) is 11.8 Å². The van der Waals surface area contributed by atoms with Crippen molar-refractivity contribution in [1.82, 2.24) is 4.90 Å². The predicted octanol–water partition coefficient (Wildman–Crippen LogP) is 3.53. The van der Waals surface area contributed by atoms with Crippen LogP contribution in [0.15, 0.2) is 53.4 Å². The summed E-state index contributed by atoms with van der Waals surface area (Å²) in [5.41, 5.74) is 2.05. The van der Waals surface area contributed by atoms with Gasteiger partial charge in [-0.3, -0.25) is 24.2 Å². The van der Waals surface area contributed by atoms with Gasteiger partial charge in [-0.05, 0) is 30.3 Å². The van der Waals surface area contributed by atoms with Crippen molar-refractivity contribution in [2.75, 3.05) is 23.8 Å². The van der Waals surface area contributed by atoms with Gasteiger partial charge in [-0.15, -0.1) is 0 Å². The maximum Gasteiger partial charge on any atom is 0.266 e. The van der Waals surface area contributed by atoms with E-state index in [1.807, 2.05) is 0 Å². The highest BCUT2D eigenvalue weighted by Crippen LogP contribution is 2.44. The Bertz CT molecular complexity index is 1100. The van der Waals surface area contributed by atoms with Crippen LogP contribution in [-0.2, 0) is 14.4 Å². The van der Waals surface area contributed by atoms with Gasteiger partial charge < -0.3 is 5.32 Å². The quantitative estimate of drug-likeness (QED) is 0.580. The second kappa shape index (κ2) is 7.62. The molecule has 0 atom stereocenters. The Hall–Kier alpha value is -2.68. The number of amides is 3. The first-order chi connectivity index (χ1) is 13.9. The molecule has 1 fully saturated rings. The van der Waals surface area contributed by atoms with Crippen molar-refractivity contribution in [3.8, 4) is 0 Å². The highest BCUT2D eigenvalue weighted by Gasteiger charge is 2.41. The molecule has 1 saturated heterocycles. The Balaban J connectivity index is 1.65. The van der Waals surface area contributed by atoms with Crippen molar-refractivity contribution in [1.29, 1.82) is 0 Å². The Morgan fingerprint density at radius 1 is 1.10 bits per heavy atom. The average molecular weight is 444 g/mol. The van der Waals surface area contributed by atoms with E-state index in [1.54, 1.807) is 55.6 Å². The molecule has 0 bridgehead atoms. The fourth-order valence-electron chi connectivity index (χ4n) is 3.13. The normalized spacial score (nSPS) is 18.5. The molecular formula is C20H14ClN3O3S2. The third-order valence-electron chi connectivity index (χ3n) is 4.54. The minimum Gasteiger partial charge on any atom is -0.325 e. The van der Waals surface area contributed by atoms with Gasteiger partial charge in [0.05, 0.1) is 16.2 Å². The first kappa shape index (κ1) is 19.6. The zero-order chi connectivity index (χ0) is 20.7. The van der Waals surface area contributed by atoms with E-state index in [-0.39, 0.29) is 28.8 Å². The molecule has 2 aromatic carbocycles. The molecule has 146 valence electrons. The van der Waals surface area contributed by atoms with Gasteiger partial charge in [-0.2, -0.15) is 0 Å². The fourth-order valence-corrected chi connectivity index (χ4v) is 4.50. The molecule has 0 aliphatic carbocycles. The van der Waals surface area contributed by atoms with Gasteiger partial charge in [-0.1, -0.05) is 53.8 Å². The number of carbonyl (C=O) groups excluding carboxylic acids is 3. The molecule has 9 heteroatoms. The summed E-state index contributed by atoms with van der Waals surface area (Å²) in [5.74, 6) is -1.07. The Morgan fingerprint density at radius 2 is 1.79 bits per heavy atom. The van der Waals surface area contributed by atoms with Crippen molar-refractivity contribution in [2.45, 2.75) is 0 Å². The number of halogens is 1. The number of para-hydroxylation sites is 1. The lowest BCUT2D eigenvalue weighted by Gasteiger charge is -2.16. The number of hydrogen-bond donors (Lipinski definition) is 1. The highest BCUT2D eigenvalue weighted by atomic mass is 35.5.